The van der Waals surface area contributed by atoms with Crippen LogP contribution in [0.4, 0.5) is 0 Å². The fourth-order valence-electron chi connectivity index (χ4n) is 2.94. The first-order valence-corrected chi connectivity index (χ1v) is 9.13. The highest BCUT2D eigenvalue weighted by molar-refractivity contribution is 6.35. The lowest BCUT2D eigenvalue weighted by atomic mass is 10.0. The first-order chi connectivity index (χ1) is 11.8. The zero-order valence-electron chi connectivity index (χ0n) is 14.7. The van der Waals surface area contributed by atoms with E-state index in [1.807, 2.05) is 13.8 Å². The predicted octanol–water partition coefficient (Wildman–Crippen LogP) is 3.45. The third-order valence-corrected chi connectivity index (χ3v) is 4.86. The zero-order valence-corrected chi connectivity index (χ0v) is 16.2. The lowest BCUT2D eigenvalue weighted by Crippen LogP contribution is -2.54. The molecule has 5 nitrogen and oxygen atoms in total. The number of nitriles is 1. The molecule has 1 saturated heterocycles. The summed E-state index contributed by atoms with van der Waals surface area (Å²) in [4.78, 5) is 16.5. The fraction of sp³-hybridized carbons (Fsp3) is 0.556. The summed E-state index contributed by atoms with van der Waals surface area (Å²) < 4.78 is 5.70. The van der Waals surface area contributed by atoms with Crippen molar-refractivity contribution < 1.29 is 9.53 Å². The fourth-order valence-corrected chi connectivity index (χ4v) is 3.39. The van der Waals surface area contributed by atoms with E-state index in [9.17, 15) is 10.1 Å². The first-order valence-electron chi connectivity index (χ1n) is 8.37. The van der Waals surface area contributed by atoms with Gasteiger partial charge in [-0.15, -0.1) is 0 Å². The Morgan fingerprint density at radius 1 is 1.20 bits per heavy atom. The Balaban J connectivity index is 1.92. The average Bonchev–Trinajstić information content (AvgIpc) is 2.57. The summed E-state index contributed by atoms with van der Waals surface area (Å²) in [6, 6.07) is 7.16. The zero-order chi connectivity index (χ0) is 18.6. The van der Waals surface area contributed by atoms with Crippen molar-refractivity contribution in [3.8, 4) is 11.8 Å². The van der Waals surface area contributed by atoms with Gasteiger partial charge in [-0.3, -0.25) is 9.69 Å². The van der Waals surface area contributed by atoms with Crippen molar-refractivity contribution >= 4 is 29.1 Å². The van der Waals surface area contributed by atoms with Gasteiger partial charge in [-0.2, -0.15) is 5.26 Å². The van der Waals surface area contributed by atoms with Crippen LogP contribution in [0.25, 0.3) is 0 Å². The standard InChI is InChI=1S/C18H23Cl2N3O2/c1-12(2)16(11-21)22-6-8-23(9-7-22)18(24)13(3)25-17-5-4-14(19)10-15(17)20/h4-5,10,12-13,16H,6-9H2,1-3H3. The summed E-state index contributed by atoms with van der Waals surface area (Å²) in [7, 11) is 0. The summed E-state index contributed by atoms with van der Waals surface area (Å²) in [5, 5.41) is 10.2. The van der Waals surface area contributed by atoms with Crippen LogP contribution in [0.1, 0.15) is 20.8 Å². The quantitative estimate of drug-likeness (QED) is 0.780. The van der Waals surface area contributed by atoms with E-state index in [-0.39, 0.29) is 17.9 Å². The van der Waals surface area contributed by atoms with E-state index in [4.69, 9.17) is 27.9 Å². The molecule has 2 unspecified atom stereocenters. The normalized spacial score (nSPS) is 17.9. The molecule has 0 aliphatic carbocycles. The van der Waals surface area contributed by atoms with Gasteiger partial charge in [-0.25, -0.2) is 0 Å². The van der Waals surface area contributed by atoms with Gasteiger partial charge in [0.25, 0.3) is 5.91 Å². The van der Waals surface area contributed by atoms with Crippen LogP contribution in [0.15, 0.2) is 18.2 Å². The van der Waals surface area contributed by atoms with Crippen LogP contribution in [0.2, 0.25) is 10.0 Å². The monoisotopic (exact) mass is 383 g/mol. The van der Waals surface area contributed by atoms with Crippen LogP contribution >= 0.6 is 23.2 Å². The van der Waals surface area contributed by atoms with Crippen molar-refractivity contribution in [1.82, 2.24) is 9.80 Å². The first kappa shape index (κ1) is 19.8. The molecule has 1 amide bonds. The van der Waals surface area contributed by atoms with Crippen molar-refractivity contribution in [1.29, 1.82) is 5.26 Å². The van der Waals surface area contributed by atoms with Gasteiger partial charge >= 0.3 is 0 Å². The number of hydrogen-bond acceptors (Lipinski definition) is 4. The number of piperazine rings is 1. The molecule has 1 fully saturated rings. The number of carbonyl (C=O) groups excluding carboxylic acids is 1. The minimum atomic E-state index is -0.637. The Morgan fingerprint density at radius 3 is 2.36 bits per heavy atom. The Hall–Kier alpha value is -1.48. The SMILES string of the molecule is CC(Oc1ccc(Cl)cc1Cl)C(=O)N1CCN(C(C#N)C(C)C)CC1. The highest BCUT2D eigenvalue weighted by Gasteiger charge is 2.30. The number of rotatable bonds is 5. The Morgan fingerprint density at radius 2 is 1.84 bits per heavy atom. The number of benzene rings is 1. The second kappa shape index (κ2) is 8.75. The minimum Gasteiger partial charge on any atom is -0.479 e. The van der Waals surface area contributed by atoms with Crippen LogP contribution in [-0.2, 0) is 4.79 Å². The van der Waals surface area contributed by atoms with E-state index in [0.29, 0.717) is 42.0 Å². The predicted molar refractivity (Wildman–Crippen MR) is 98.9 cm³/mol. The largest absolute Gasteiger partial charge is 0.479 e. The van der Waals surface area contributed by atoms with Crippen molar-refractivity contribution in [3.05, 3.63) is 28.2 Å². The van der Waals surface area contributed by atoms with Gasteiger partial charge in [-0.1, -0.05) is 37.0 Å². The molecule has 0 aromatic heterocycles. The number of halogens is 2. The molecule has 136 valence electrons. The molecule has 2 atom stereocenters. The van der Waals surface area contributed by atoms with Crippen molar-refractivity contribution in [2.75, 3.05) is 26.2 Å². The number of nitrogens with zero attached hydrogens (tertiary/aromatic N) is 3. The maximum atomic E-state index is 12.6. The molecular formula is C18H23Cl2N3O2. The van der Waals surface area contributed by atoms with Gasteiger partial charge < -0.3 is 9.64 Å². The van der Waals surface area contributed by atoms with Crippen LogP contribution < -0.4 is 4.74 Å². The van der Waals surface area contributed by atoms with Gasteiger partial charge in [0.15, 0.2) is 6.10 Å². The molecule has 0 saturated carbocycles. The average molecular weight is 384 g/mol. The molecule has 0 N–H and O–H groups in total. The third-order valence-electron chi connectivity index (χ3n) is 4.33. The molecule has 1 heterocycles. The molecule has 0 spiro atoms. The van der Waals surface area contributed by atoms with Gasteiger partial charge in [0.1, 0.15) is 11.8 Å². The number of carbonyl (C=O) groups is 1. The third kappa shape index (κ3) is 5.01. The highest BCUT2D eigenvalue weighted by Crippen LogP contribution is 2.28. The molecule has 25 heavy (non-hydrogen) atoms. The van der Waals surface area contributed by atoms with E-state index < -0.39 is 6.10 Å². The highest BCUT2D eigenvalue weighted by atomic mass is 35.5. The summed E-state index contributed by atoms with van der Waals surface area (Å²) in [6.45, 7) is 8.35. The number of hydrogen-bond donors (Lipinski definition) is 0. The molecule has 7 heteroatoms. The summed E-state index contributed by atoms with van der Waals surface area (Å²) >= 11 is 12.0. The Kier molecular flexibility index (Phi) is 6.95. The smallest absolute Gasteiger partial charge is 0.263 e. The number of ether oxygens (including phenoxy) is 1. The van der Waals surface area contributed by atoms with E-state index in [1.54, 1.807) is 30.0 Å². The summed E-state index contributed by atoms with van der Waals surface area (Å²) in [5.74, 6) is 0.625. The van der Waals surface area contributed by atoms with Crippen LogP contribution in [0.5, 0.6) is 5.75 Å². The summed E-state index contributed by atoms with van der Waals surface area (Å²) in [6.07, 6.45) is -0.637. The van der Waals surface area contributed by atoms with Crippen molar-refractivity contribution in [2.45, 2.75) is 32.9 Å². The second-order valence-electron chi connectivity index (χ2n) is 6.51. The van der Waals surface area contributed by atoms with Crippen molar-refractivity contribution in [2.24, 2.45) is 5.92 Å². The van der Waals surface area contributed by atoms with Crippen molar-refractivity contribution in [3.63, 3.8) is 0 Å². The maximum absolute atomic E-state index is 12.6. The van der Waals surface area contributed by atoms with E-state index in [0.717, 1.165) is 0 Å². The summed E-state index contributed by atoms with van der Waals surface area (Å²) in [5.41, 5.74) is 0. The Labute approximate surface area is 159 Å². The molecular weight excluding hydrogens is 361 g/mol. The van der Waals surface area contributed by atoms with Gasteiger partial charge in [0, 0.05) is 31.2 Å². The molecule has 0 radical (unpaired) electrons. The Bertz CT molecular complexity index is 652. The molecule has 0 bridgehead atoms. The van der Waals surface area contributed by atoms with Gasteiger partial charge in [0.05, 0.1) is 11.1 Å². The molecule has 1 aliphatic heterocycles. The molecule has 1 aliphatic rings. The van der Waals surface area contributed by atoms with Gasteiger partial charge in [0.2, 0.25) is 0 Å². The topological polar surface area (TPSA) is 56.6 Å². The maximum Gasteiger partial charge on any atom is 0.263 e. The number of amides is 1. The second-order valence-corrected chi connectivity index (χ2v) is 7.36. The molecule has 1 aromatic carbocycles. The lowest BCUT2D eigenvalue weighted by molar-refractivity contribution is -0.140. The molecule has 2 rings (SSSR count). The molecule has 1 aromatic rings. The minimum absolute atomic E-state index is 0.0799. The van der Waals surface area contributed by atoms with E-state index in [2.05, 4.69) is 11.0 Å². The lowest BCUT2D eigenvalue weighted by Gasteiger charge is -2.38. The van der Waals surface area contributed by atoms with Gasteiger partial charge in [-0.05, 0) is 31.0 Å². The van der Waals surface area contributed by atoms with E-state index >= 15 is 0 Å². The van der Waals surface area contributed by atoms with Crippen LogP contribution in [0, 0.1) is 17.2 Å². The van der Waals surface area contributed by atoms with Crippen LogP contribution in [0.3, 0.4) is 0 Å². The van der Waals surface area contributed by atoms with E-state index in [1.165, 1.54) is 0 Å². The van der Waals surface area contributed by atoms with Crippen LogP contribution in [-0.4, -0.2) is 54.0 Å².